The number of aryl methyl sites for hydroxylation is 1. The van der Waals surface area contributed by atoms with Gasteiger partial charge in [-0.05, 0) is 12.0 Å². The van der Waals surface area contributed by atoms with E-state index in [0.717, 1.165) is 12.3 Å². The van der Waals surface area contributed by atoms with Gasteiger partial charge in [-0.3, -0.25) is 4.79 Å². The Bertz CT molecular complexity index is 424. The van der Waals surface area contributed by atoms with E-state index in [2.05, 4.69) is 10.3 Å². The van der Waals surface area contributed by atoms with E-state index in [0.29, 0.717) is 12.0 Å². The number of carbonyl (C=O) groups is 1. The van der Waals surface area contributed by atoms with Crippen LogP contribution in [-0.2, 0) is 11.2 Å². The van der Waals surface area contributed by atoms with Crippen molar-refractivity contribution in [2.24, 2.45) is 0 Å². The first-order valence-electron chi connectivity index (χ1n) is 4.45. The Labute approximate surface area is 133 Å². The van der Waals surface area contributed by atoms with Crippen molar-refractivity contribution in [2.45, 2.75) is 12.8 Å². The molecule has 0 saturated carbocycles. The third kappa shape index (κ3) is 3.07. The second-order valence-corrected chi connectivity index (χ2v) is 3.40. The number of nitrogens with one attached hydrogen (secondary N) is 1. The zero-order valence-electron chi connectivity index (χ0n) is 8.64. The molecular weight excluding hydrogens is 247 g/mol. The molecule has 1 aromatic heterocycles. The second kappa shape index (κ2) is 5.18. The number of halogens is 3. The normalized spacial score (nSPS) is 14.8. The molecule has 0 aliphatic carbocycles. The van der Waals surface area contributed by atoms with Crippen molar-refractivity contribution in [2.75, 3.05) is 5.32 Å². The average Bonchev–Trinajstić information content (AvgIpc) is 2.15. The maximum atomic E-state index is 12.4. The number of aromatic nitrogens is 1. The van der Waals surface area contributed by atoms with Crippen LogP contribution in [0.5, 0.6) is 0 Å². The van der Waals surface area contributed by atoms with Gasteiger partial charge in [0.25, 0.3) is 0 Å². The summed E-state index contributed by atoms with van der Waals surface area (Å²) in [6.07, 6.45) is 1.28. The minimum atomic E-state index is -5.02. The molecule has 0 spiro atoms. The molecule has 8 heteroatoms. The number of amides is 1. The van der Waals surface area contributed by atoms with E-state index in [9.17, 15) is 17.7 Å². The van der Waals surface area contributed by atoms with Gasteiger partial charge >= 0.3 is 58.4 Å². The number of rotatable bonds is 1. The Kier molecular flexibility index (Phi) is 4.59. The van der Waals surface area contributed by atoms with Crippen LogP contribution in [0, 0.1) is 0 Å². The zero-order chi connectivity index (χ0) is 11.1. The van der Waals surface area contributed by atoms with Gasteiger partial charge in [0.15, 0.2) is 0 Å². The fourth-order valence-corrected chi connectivity index (χ4v) is 1.45. The zero-order valence-corrected chi connectivity index (χ0v) is 11.8. The summed E-state index contributed by atoms with van der Waals surface area (Å²) in [6.45, 7) is -5.02. The molecule has 0 aromatic carbocycles. The molecule has 0 fully saturated rings. The molecule has 0 bridgehead atoms. The van der Waals surface area contributed by atoms with Gasteiger partial charge in [0.05, 0.1) is 0 Å². The van der Waals surface area contributed by atoms with E-state index >= 15 is 0 Å². The molecule has 0 atom stereocenters. The van der Waals surface area contributed by atoms with Crippen molar-refractivity contribution >= 4 is 24.2 Å². The Morgan fingerprint density at radius 1 is 1.31 bits per heavy atom. The summed E-state index contributed by atoms with van der Waals surface area (Å²) < 4.78 is 37.1. The van der Waals surface area contributed by atoms with Crippen LogP contribution in [0.1, 0.15) is 12.0 Å². The Morgan fingerprint density at radius 3 is 2.62 bits per heavy atom. The molecule has 2 heterocycles. The van der Waals surface area contributed by atoms with E-state index in [-0.39, 0.29) is 69.5 Å². The average molecular weight is 254 g/mol. The smallest absolute Gasteiger partial charge is 0.445 e. The standard InChI is InChI=1S/C8H7BF3N2O.K/c10-9(11,12)6-3-5-1-2-7(15)14-8(5)13-4-6;/h3-4H,1-2H2,(H,13,14,15);/q-1;+1. The van der Waals surface area contributed by atoms with Crippen molar-refractivity contribution in [3.05, 3.63) is 17.8 Å². The minimum absolute atomic E-state index is 0. The topological polar surface area (TPSA) is 42.0 Å². The number of anilines is 1. The number of carbonyl (C=O) groups excluding carboxylic acids is 1. The van der Waals surface area contributed by atoms with E-state index in [4.69, 9.17) is 0 Å². The van der Waals surface area contributed by atoms with Gasteiger partial charge in [-0.15, -0.1) is 0 Å². The Hall–Kier alpha value is 0.111. The fraction of sp³-hybridized carbons (Fsp3) is 0.250. The molecule has 16 heavy (non-hydrogen) atoms. The summed E-state index contributed by atoms with van der Waals surface area (Å²) in [7, 11) is 0. The van der Waals surface area contributed by atoms with Crippen molar-refractivity contribution < 1.29 is 69.1 Å². The van der Waals surface area contributed by atoms with Crippen LogP contribution in [0.15, 0.2) is 12.3 Å². The predicted molar refractivity (Wildman–Crippen MR) is 49.9 cm³/mol. The van der Waals surface area contributed by atoms with Gasteiger partial charge in [0, 0.05) is 12.6 Å². The first-order chi connectivity index (χ1) is 6.97. The van der Waals surface area contributed by atoms with Crippen LogP contribution in [-0.4, -0.2) is 17.9 Å². The third-order valence-electron chi connectivity index (χ3n) is 2.24. The summed E-state index contributed by atoms with van der Waals surface area (Å²) in [4.78, 5) is 14.5. The van der Waals surface area contributed by atoms with Gasteiger partial charge in [-0.1, -0.05) is 11.5 Å². The maximum Gasteiger partial charge on any atom is 1.00 e. The summed E-state index contributed by atoms with van der Waals surface area (Å²) >= 11 is 0. The number of pyridine rings is 1. The molecule has 2 rings (SSSR count). The van der Waals surface area contributed by atoms with Crippen LogP contribution in [0.3, 0.4) is 0 Å². The van der Waals surface area contributed by atoms with Crippen molar-refractivity contribution in [1.29, 1.82) is 0 Å². The monoisotopic (exact) mass is 254 g/mol. The molecule has 0 radical (unpaired) electrons. The van der Waals surface area contributed by atoms with E-state index in [1.165, 1.54) is 0 Å². The maximum absolute atomic E-state index is 12.4. The first kappa shape index (κ1) is 14.2. The number of hydrogen-bond acceptors (Lipinski definition) is 2. The summed E-state index contributed by atoms with van der Waals surface area (Å²) in [5, 5.41) is 2.43. The third-order valence-corrected chi connectivity index (χ3v) is 2.24. The quantitative estimate of drug-likeness (QED) is 0.590. The molecule has 80 valence electrons. The Balaban J connectivity index is 0.00000128. The molecule has 1 aliphatic rings. The van der Waals surface area contributed by atoms with E-state index in [1.54, 1.807) is 0 Å². The first-order valence-corrected chi connectivity index (χ1v) is 4.45. The molecular formula is C8H7BF3KN2O. The van der Waals surface area contributed by atoms with Gasteiger partial charge in [-0.2, -0.15) is 0 Å². The molecule has 3 nitrogen and oxygen atoms in total. The Morgan fingerprint density at radius 2 is 2.00 bits per heavy atom. The van der Waals surface area contributed by atoms with Crippen molar-refractivity contribution in [3.8, 4) is 0 Å². The van der Waals surface area contributed by atoms with E-state index in [1.807, 2.05) is 0 Å². The summed E-state index contributed by atoms with van der Waals surface area (Å²) in [6, 6.07) is 1.06. The van der Waals surface area contributed by atoms with Crippen LogP contribution in [0.25, 0.3) is 0 Å². The van der Waals surface area contributed by atoms with Crippen LogP contribution >= 0.6 is 0 Å². The van der Waals surface area contributed by atoms with Crippen LogP contribution in [0.4, 0.5) is 18.8 Å². The number of nitrogens with zero attached hydrogens (tertiary/aromatic N) is 1. The molecule has 1 amide bonds. The second-order valence-electron chi connectivity index (χ2n) is 3.40. The largest absolute Gasteiger partial charge is 1.00 e. The van der Waals surface area contributed by atoms with Gasteiger partial charge in [0.1, 0.15) is 5.82 Å². The fourth-order valence-electron chi connectivity index (χ4n) is 1.45. The van der Waals surface area contributed by atoms with Gasteiger partial charge in [-0.25, -0.2) is 4.98 Å². The SMILES string of the molecule is O=C1CCc2cc([B-](F)(F)F)cnc2N1.[K+]. The molecule has 0 saturated heterocycles. The summed E-state index contributed by atoms with van der Waals surface area (Å²) in [5.74, 6) is 0.0373. The molecule has 1 aromatic rings. The minimum Gasteiger partial charge on any atom is -0.445 e. The molecule has 0 unspecified atom stereocenters. The van der Waals surface area contributed by atoms with Crippen molar-refractivity contribution in [1.82, 2.24) is 4.98 Å². The number of fused-ring (bicyclic) bond motifs is 1. The molecule has 1 aliphatic heterocycles. The van der Waals surface area contributed by atoms with Crippen LogP contribution < -0.4 is 62.2 Å². The number of hydrogen-bond donors (Lipinski definition) is 1. The van der Waals surface area contributed by atoms with Gasteiger partial charge < -0.3 is 18.3 Å². The summed E-state index contributed by atoms with van der Waals surface area (Å²) in [5.41, 5.74) is -0.267. The molecule has 1 N–H and O–H groups in total. The predicted octanol–water partition coefficient (Wildman–Crippen LogP) is -1.98. The van der Waals surface area contributed by atoms with Crippen LogP contribution in [0.2, 0.25) is 0 Å². The van der Waals surface area contributed by atoms with Crippen molar-refractivity contribution in [3.63, 3.8) is 0 Å². The van der Waals surface area contributed by atoms with Gasteiger partial charge in [0.2, 0.25) is 5.91 Å². The van der Waals surface area contributed by atoms with E-state index < -0.39 is 12.4 Å².